The second kappa shape index (κ2) is 12.1. The number of hydrogen-bond donors (Lipinski definition) is 0. The molecule has 2 nitrogen and oxygen atoms in total. The predicted molar refractivity (Wildman–Crippen MR) is 234 cm³/mol. The zero-order valence-corrected chi connectivity index (χ0v) is 32.2. The summed E-state index contributed by atoms with van der Waals surface area (Å²) in [6.07, 6.45) is 0. The number of para-hydroxylation sites is 3. The fourth-order valence-corrected chi connectivity index (χ4v) is 14.3. The molecule has 0 saturated carbocycles. The Hall–Kier alpha value is -5.91. The van der Waals surface area contributed by atoms with Crippen LogP contribution in [0, 0.1) is 10.7 Å². The summed E-state index contributed by atoms with van der Waals surface area (Å²) in [5, 5.41) is 4.93. The number of halogens is 1. The van der Waals surface area contributed by atoms with Crippen molar-refractivity contribution in [1.82, 2.24) is 4.57 Å². The number of rotatable bonds is 5. The molecule has 3 heteroatoms. The van der Waals surface area contributed by atoms with Crippen LogP contribution in [0.1, 0.15) is 25.0 Å². The van der Waals surface area contributed by atoms with E-state index in [1.807, 2.05) is 6.07 Å². The summed E-state index contributed by atoms with van der Waals surface area (Å²) >= 11 is -2.16. The normalized spacial score (nSPS) is 13.5. The average Bonchev–Trinajstić information content (AvgIpc) is 3.84. The fraction of sp³-hybridized carbons (Fsp3) is 0.0588. The molecule has 0 saturated heterocycles. The van der Waals surface area contributed by atoms with Crippen LogP contribution in [-0.4, -0.2) is 4.57 Å². The summed E-state index contributed by atoms with van der Waals surface area (Å²) in [7, 11) is 0. The molecular weight excluding hydrogens is 769 g/mol. The van der Waals surface area contributed by atoms with Gasteiger partial charge in [-0.3, -0.25) is 0 Å². The minimum atomic E-state index is -2.16. The summed E-state index contributed by atoms with van der Waals surface area (Å²) in [5.41, 5.74) is 13.5. The molecule has 0 atom stereocenters. The van der Waals surface area contributed by atoms with E-state index in [-0.39, 0.29) is 5.41 Å². The zero-order chi connectivity index (χ0) is 36.0. The first-order chi connectivity index (χ1) is 26.5. The number of aromatic nitrogens is 1. The minimum absolute atomic E-state index is 0.0519. The third-order valence-electron chi connectivity index (χ3n) is 11.4. The van der Waals surface area contributed by atoms with E-state index in [0.717, 1.165) is 11.2 Å². The molecule has 0 amide bonds. The van der Waals surface area contributed by atoms with Gasteiger partial charge >= 0.3 is 311 Å². The molecule has 1 aliphatic carbocycles. The maximum atomic E-state index is 6.28. The molecule has 0 spiro atoms. The number of nitrogens with zero attached hydrogens (tertiary/aromatic N) is 1. The molecule has 0 aliphatic heterocycles. The van der Waals surface area contributed by atoms with Gasteiger partial charge < -0.3 is 0 Å². The summed E-state index contributed by atoms with van der Waals surface area (Å²) in [4.78, 5) is 0. The van der Waals surface area contributed by atoms with Gasteiger partial charge in [-0.25, -0.2) is 0 Å². The third-order valence-corrected chi connectivity index (χ3v) is 17.2. The quantitative estimate of drug-likeness (QED) is 0.159. The van der Waals surface area contributed by atoms with Crippen LogP contribution in [0.15, 0.2) is 186 Å². The Morgan fingerprint density at radius 1 is 0.426 bits per heavy atom. The molecule has 11 rings (SSSR count). The Kier molecular flexibility index (Phi) is 7.06. The first-order valence-electron chi connectivity index (χ1n) is 18.6. The van der Waals surface area contributed by atoms with Crippen LogP contribution < -0.4 is 0 Å². The second-order valence-electron chi connectivity index (χ2n) is 14.8. The van der Waals surface area contributed by atoms with E-state index in [4.69, 9.17) is 4.42 Å². The van der Waals surface area contributed by atoms with Gasteiger partial charge in [0.1, 0.15) is 0 Å². The van der Waals surface area contributed by atoms with Crippen LogP contribution in [0.4, 0.5) is 0 Å². The molecule has 0 fully saturated rings. The molecule has 2 heterocycles. The van der Waals surface area contributed by atoms with Crippen molar-refractivity contribution in [1.29, 1.82) is 0 Å². The Morgan fingerprint density at radius 3 is 1.70 bits per heavy atom. The van der Waals surface area contributed by atoms with E-state index in [1.54, 1.807) is 0 Å². The van der Waals surface area contributed by atoms with Crippen LogP contribution in [-0.2, 0) is 5.41 Å². The van der Waals surface area contributed by atoms with Crippen LogP contribution in [0.3, 0.4) is 0 Å². The van der Waals surface area contributed by atoms with Crippen molar-refractivity contribution < 1.29 is 4.42 Å². The molecule has 0 unspecified atom stereocenters. The molecule has 1 aliphatic rings. The van der Waals surface area contributed by atoms with Gasteiger partial charge in [-0.1, -0.05) is 12.1 Å². The van der Waals surface area contributed by atoms with Crippen molar-refractivity contribution in [2.45, 2.75) is 19.3 Å². The van der Waals surface area contributed by atoms with Gasteiger partial charge in [0.25, 0.3) is 0 Å². The first kappa shape index (κ1) is 31.6. The first-order valence-corrected chi connectivity index (χ1v) is 21.8. The number of hydrogen-bond acceptors (Lipinski definition) is 1. The standard InChI is InChI=1S/C51H36INO/c1-51(2)45-15-7-3-11-39(45)40-29-25-37(32-46(40)51)52(36-26-30-50-44(31-36)43-14-6-10-18-49(43)54-50)35-23-19-33(20-24-35)34-21-27-38(28-22-34)53-47-16-8-4-12-41(47)42-13-5-9-17-48(42)53/h3-32H,1-2H3. The molecule has 0 N–H and O–H groups in total. The SMILES string of the molecule is CC1(C)c2ccccc2-c2ccc(I(c3ccc(-c4ccc(-n5c6ccccc6c6ccccc65)cc4)cc3)c3ccc4oc5ccccc5c4c3)cc21. The summed E-state index contributed by atoms with van der Waals surface area (Å²) < 4.78 is 12.9. The molecular formula is C51H36INO. The Morgan fingerprint density at radius 2 is 0.963 bits per heavy atom. The Bertz CT molecular complexity index is 3020. The van der Waals surface area contributed by atoms with E-state index in [9.17, 15) is 0 Å². The van der Waals surface area contributed by atoms with Gasteiger partial charge in [-0.15, -0.1) is 0 Å². The van der Waals surface area contributed by atoms with Crippen LogP contribution >= 0.6 is 19.8 Å². The van der Waals surface area contributed by atoms with Gasteiger partial charge in [0.15, 0.2) is 0 Å². The van der Waals surface area contributed by atoms with Gasteiger partial charge in [0.2, 0.25) is 0 Å². The van der Waals surface area contributed by atoms with Crippen molar-refractivity contribution in [3.63, 3.8) is 0 Å². The summed E-state index contributed by atoms with van der Waals surface area (Å²) in [5.74, 6) is 0. The summed E-state index contributed by atoms with van der Waals surface area (Å²) in [6, 6.07) is 67.5. The van der Waals surface area contributed by atoms with E-state index in [2.05, 4.69) is 194 Å². The fourth-order valence-electron chi connectivity index (χ4n) is 8.76. The van der Waals surface area contributed by atoms with E-state index in [1.165, 1.54) is 82.4 Å². The Balaban J connectivity index is 1.01. The monoisotopic (exact) mass is 805 g/mol. The van der Waals surface area contributed by atoms with Gasteiger partial charge in [-0.2, -0.15) is 0 Å². The zero-order valence-electron chi connectivity index (χ0n) is 30.1. The van der Waals surface area contributed by atoms with Crippen LogP contribution in [0.25, 0.3) is 71.7 Å². The van der Waals surface area contributed by atoms with Crippen molar-refractivity contribution in [3.05, 3.63) is 204 Å². The molecule has 10 aromatic rings. The molecule has 2 aromatic heterocycles. The van der Waals surface area contributed by atoms with Crippen LogP contribution in [0.2, 0.25) is 0 Å². The average molecular weight is 806 g/mol. The van der Waals surface area contributed by atoms with Crippen molar-refractivity contribution in [3.8, 4) is 27.9 Å². The molecule has 0 bridgehead atoms. The third kappa shape index (κ3) is 4.77. The van der Waals surface area contributed by atoms with Gasteiger partial charge in [0, 0.05) is 0 Å². The second-order valence-corrected chi connectivity index (χ2v) is 20.2. The molecule has 258 valence electrons. The van der Waals surface area contributed by atoms with E-state index >= 15 is 0 Å². The van der Waals surface area contributed by atoms with Crippen LogP contribution in [0.5, 0.6) is 0 Å². The number of furan rings is 1. The molecule has 0 radical (unpaired) electrons. The predicted octanol–water partition coefficient (Wildman–Crippen LogP) is 14.1. The van der Waals surface area contributed by atoms with Gasteiger partial charge in [-0.05, 0) is 0 Å². The molecule has 54 heavy (non-hydrogen) atoms. The number of benzene rings is 8. The van der Waals surface area contributed by atoms with E-state index in [0.29, 0.717) is 0 Å². The van der Waals surface area contributed by atoms with Gasteiger partial charge in [0.05, 0.1) is 0 Å². The Labute approximate surface area is 321 Å². The van der Waals surface area contributed by atoms with Crippen molar-refractivity contribution >= 4 is 63.6 Å². The summed E-state index contributed by atoms with van der Waals surface area (Å²) in [6.45, 7) is 4.76. The topological polar surface area (TPSA) is 18.1 Å². The number of fused-ring (bicyclic) bond motifs is 9. The van der Waals surface area contributed by atoms with Crippen molar-refractivity contribution in [2.75, 3.05) is 0 Å². The maximum absolute atomic E-state index is 6.28. The van der Waals surface area contributed by atoms with E-state index < -0.39 is 19.8 Å². The van der Waals surface area contributed by atoms with Crippen molar-refractivity contribution in [2.24, 2.45) is 0 Å². The molecule has 8 aromatic carbocycles.